The van der Waals surface area contributed by atoms with Crippen molar-refractivity contribution in [3.63, 3.8) is 0 Å². The molecular weight excluding hydrogens is 358 g/mol. The number of hydrogen-bond acceptors (Lipinski definition) is 4. The lowest BCUT2D eigenvalue weighted by atomic mass is 10.0. The van der Waals surface area contributed by atoms with Crippen LogP contribution in [0.3, 0.4) is 0 Å². The predicted molar refractivity (Wildman–Crippen MR) is 103 cm³/mol. The van der Waals surface area contributed by atoms with Gasteiger partial charge in [-0.1, -0.05) is 18.9 Å². The molecule has 0 aromatic heterocycles. The van der Waals surface area contributed by atoms with E-state index in [1.165, 1.54) is 31.1 Å². The van der Waals surface area contributed by atoms with Gasteiger partial charge in [-0.3, -0.25) is 4.79 Å². The number of carbonyl (C=O) groups is 1. The lowest BCUT2D eigenvalue weighted by Gasteiger charge is -2.12. The van der Waals surface area contributed by atoms with Crippen LogP contribution < -0.4 is 15.4 Å². The van der Waals surface area contributed by atoms with E-state index in [0.29, 0.717) is 18.0 Å². The van der Waals surface area contributed by atoms with Gasteiger partial charge in [0.1, 0.15) is 0 Å². The Morgan fingerprint density at radius 2 is 1.88 bits per heavy atom. The number of thiocarbonyl (C=S) groups is 1. The van der Waals surface area contributed by atoms with Crippen molar-refractivity contribution in [3.8, 4) is 0 Å². The van der Waals surface area contributed by atoms with E-state index in [-0.39, 0.29) is 22.5 Å². The minimum absolute atomic E-state index is 0.0859. The fraction of sp³-hybridized carbons (Fsp3) is 0.412. The van der Waals surface area contributed by atoms with E-state index in [1.807, 2.05) is 0 Å². The molecule has 1 aliphatic rings. The molecule has 8 heteroatoms. The van der Waals surface area contributed by atoms with Crippen LogP contribution in [-0.2, 0) is 14.8 Å². The van der Waals surface area contributed by atoms with Crippen LogP contribution in [0.5, 0.6) is 0 Å². The molecule has 6 nitrogen and oxygen atoms in total. The van der Waals surface area contributed by atoms with Crippen molar-refractivity contribution in [1.29, 1.82) is 0 Å². The molecule has 1 aromatic rings. The number of amides is 1. The molecular formula is C17H23N3O3S2. The first-order chi connectivity index (χ1) is 11.9. The van der Waals surface area contributed by atoms with Gasteiger partial charge in [0.05, 0.1) is 4.90 Å². The first-order valence-electron chi connectivity index (χ1n) is 8.22. The molecule has 1 aliphatic carbocycles. The molecule has 0 radical (unpaired) electrons. The van der Waals surface area contributed by atoms with Crippen molar-refractivity contribution in [2.24, 2.45) is 5.92 Å². The summed E-state index contributed by atoms with van der Waals surface area (Å²) >= 11 is 5.13. The smallest absolute Gasteiger partial charge is 0.240 e. The van der Waals surface area contributed by atoms with Crippen LogP contribution in [0, 0.1) is 5.92 Å². The first kappa shape index (κ1) is 19.6. The second-order valence-corrected chi connectivity index (χ2v) is 8.20. The number of benzene rings is 1. The monoisotopic (exact) mass is 381 g/mol. The molecule has 25 heavy (non-hydrogen) atoms. The van der Waals surface area contributed by atoms with Crippen LogP contribution in [0.4, 0.5) is 5.69 Å². The number of anilines is 1. The van der Waals surface area contributed by atoms with Crippen molar-refractivity contribution < 1.29 is 13.2 Å². The van der Waals surface area contributed by atoms with Crippen LogP contribution >= 0.6 is 12.2 Å². The van der Waals surface area contributed by atoms with Gasteiger partial charge in [0.15, 0.2) is 5.11 Å². The number of hydrogen-bond donors (Lipinski definition) is 3. The zero-order valence-electron chi connectivity index (χ0n) is 14.0. The number of rotatable bonds is 7. The van der Waals surface area contributed by atoms with E-state index in [9.17, 15) is 13.2 Å². The normalized spacial score (nSPS) is 14.9. The summed E-state index contributed by atoms with van der Waals surface area (Å²) in [4.78, 5) is 12.1. The highest BCUT2D eigenvalue weighted by molar-refractivity contribution is 7.89. The second kappa shape index (κ2) is 9.07. The van der Waals surface area contributed by atoms with Gasteiger partial charge >= 0.3 is 0 Å². The van der Waals surface area contributed by atoms with E-state index in [2.05, 4.69) is 21.9 Å². The highest BCUT2D eigenvalue weighted by Crippen LogP contribution is 2.27. The second-order valence-electron chi connectivity index (χ2n) is 6.02. The summed E-state index contributed by atoms with van der Waals surface area (Å²) in [7, 11) is -3.55. The van der Waals surface area contributed by atoms with Gasteiger partial charge in [-0.15, -0.1) is 6.58 Å². The van der Waals surface area contributed by atoms with Gasteiger partial charge in [-0.05, 0) is 55.2 Å². The predicted octanol–water partition coefficient (Wildman–Crippen LogP) is 2.54. The number of sulfonamides is 1. The number of nitrogens with one attached hydrogen (secondary N) is 3. The average molecular weight is 382 g/mol. The van der Waals surface area contributed by atoms with Gasteiger partial charge < -0.3 is 10.6 Å². The summed E-state index contributed by atoms with van der Waals surface area (Å²) in [6, 6.07) is 6.13. The molecule has 136 valence electrons. The van der Waals surface area contributed by atoms with Crippen molar-refractivity contribution in [2.75, 3.05) is 11.9 Å². The zero-order valence-corrected chi connectivity index (χ0v) is 15.6. The summed E-state index contributed by atoms with van der Waals surface area (Å²) < 4.78 is 26.3. The van der Waals surface area contributed by atoms with Crippen LogP contribution in [0.25, 0.3) is 0 Å². The van der Waals surface area contributed by atoms with E-state index < -0.39 is 10.0 Å². The summed E-state index contributed by atoms with van der Waals surface area (Å²) in [6.07, 6.45) is 6.55. The molecule has 0 heterocycles. The minimum Gasteiger partial charge on any atom is -0.332 e. The molecule has 1 amide bonds. The van der Waals surface area contributed by atoms with Crippen LogP contribution in [0.15, 0.2) is 41.8 Å². The van der Waals surface area contributed by atoms with Gasteiger partial charge in [-0.2, -0.15) is 0 Å². The Balaban J connectivity index is 1.86. The Morgan fingerprint density at radius 1 is 1.24 bits per heavy atom. The Kier molecular flexibility index (Phi) is 7.10. The molecule has 0 atom stereocenters. The quantitative estimate of drug-likeness (QED) is 0.499. The first-order valence-corrected chi connectivity index (χ1v) is 10.1. The van der Waals surface area contributed by atoms with Crippen LogP contribution in [-0.4, -0.2) is 26.0 Å². The highest BCUT2D eigenvalue weighted by atomic mass is 32.2. The molecule has 1 aromatic carbocycles. The lowest BCUT2D eigenvalue weighted by Crippen LogP contribution is -2.34. The third-order valence-corrected chi connectivity index (χ3v) is 5.69. The maximum Gasteiger partial charge on any atom is 0.240 e. The maximum absolute atomic E-state index is 12.0. The Hall–Kier alpha value is -1.77. The summed E-state index contributed by atoms with van der Waals surface area (Å²) in [5.74, 6) is 0.368. The minimum atomic E-state index is -3.55. The molecule has 0 spiro atoms. The molecule has 3 N–H and O–H groups in total. The standard InChI is InChI=1S/C17H23N3O3S2/c1-2-11-18-25(22,23)15-9-7-14(8-10-15)19-17(24)20-16(21)12-13-5-3-4-6-13/h2,7-10,13,18H,1,3-6,11-12H2,(H2,19,20,21,24). The zero-order chi connectivity index (χ0) is 18.3. The Morgan fingerprint density at radius 3 is 2.48 bits per heavy atom. The fourth-order valence-electron chi connectivity index (χ4n) is 2.79. The van der Waals surface area contributed by atoms with E-state index in [4.69, 9.17) is 12.2 Å². The molecule has 0 unspecified atom stereocenters. The van der Waals surface area contributed by atoms with Crippen molar-refractivity contribution in [3.05, 3.63) is 36.9 Å². The lowest BCUT2D eigenvalue weighted by molar-refractivity contribution is -0.120. The topological polar surface area (TPSA) is 87.3 Å². The third-order valence-electron chi connectivity index (χ3n) is 4.04. The Labute approximate surface area is 154 Å². The summed E-state index contributed by atoms with van der Waals surface area (Å²) in [6.45, 7) is 3.64. The Bertz CT molecular complexity index is 724. The van der Waals surface area contributed by atoms with Gasteiger partial charge in [0.2, 0.25) is 15.9 Å². The van der Waals surface area contributed by atoms with Gasteiger partial charge in [0.25, 0.3) is 0 Å². The van der Waals surface area contributed by atoms with Crippen LogP contribution in [0.1, 0.15) is 32.1 Å². The van der Waals surface area contributed by atoms with Gasteiger partial charge in [0, 0.05) is 18.7 Å². The molecule has 0 aliphatic heterocycles. The van der Waals surface area contributed by atoms with E-state index in [0.717, 1.165) is 12.8 Å². The SMILES string of the molecule is C=CCNS(=O)(=O)c1ccc(NC(=S)NC(=O)CC2CCCC2)cc1. The van der Waals surface area contributed by atoms with Crippen LogP contribution in [0.2, 0.25) is 0 Å². The van der Waals surface area contributed by atoms with E-state index >= 15 is 0 Å². The van der Waals surface area contributed by atoms with E-state index in [1.54, 1.807) is 12.1 Å². The maximum atomic E-state index is 12.0. The molecule has 0 saturated heterocycles. The third kappa shape index (κ3) is 6.22. The summed E-state index contributed by atoms with van der Waals surface area (Å²) in [5.41, 5.74) is 0.605. The highest BCUT2D eigenvalue weighted by Gasteiger charge is 2.19. The largest absolute Gasteiger partial charge is 0.332 e. The average Bonchev–Trinajstić information content (AvgIpc) is 3.06. The van der Waals surface area contributed by atoms with Crippen molar-refractivity contribution in [2.45, 2.75) is 37.0 Å². The fourth-order valence-corrected chi connectivity index (χ4v) is 4.02. The van der Waals surface area contributed by atoms with Crippen molar-refractivity contribution in [1.82, 2.24) is 10.0 Å². The molecule has 0 bridgehead atoms. The summed E-state index contributed by atoms with van der Waals surface area (Å²) in [5, 5.41) is 5.77. The van der Waals surface area contributed by atoms with Gasteiger partial charge in [-0.25, -0.2) is 13.1 Å². The van der Waals surface area contributed by atoms with Crippen molar-refractivity contribution >= 4 is 38.9 Å². The molecule has 1 fully saturated rings. The molecule has 2 rings (SSSR count). The number of carbonyl (C=O) groups excluding carboxylic acids is 1. The molecule has 1 saturated carbocycles.